The molecule has 0 aliphatic rings. The summed E-state index contributed by atoms with van der Waals surface area (Å²) in [5.74, 6) is 0.779. The van der Waals surface area contributed by atoms with Crippen LogP contribution in [0.25, 0.3) is 0 Å². The van der Waals surface area contributed by atoms with Crippen LogP contribution < -0.4 is 5.32 Å². The maximum Gasteiger partial charge on any atom is 0.0334 e. The summed E-state index contributed by atoms with van der Waals surface area (Å²) < 4.78 is 11.4. The van der Waals surface area contributed by atoms with Gasteiger partial charge in [-0.3, -0.25) is 4.21 Å². The fourth-order valence-electron chi connectivity index (χ4n) is 1.36. The third-order valence-electron chi connectivity index (χ3n) is 2.16. The van der Waals surface area contributed by atoms with Gasteiger partial charge in [0.15, 0.2) is 0 Å². The summed E-state index contributed by atoms with van der Waals surface area (Å²) in [6, 6.07) is 0.491. The average Bonchev–Trinajstić information content (AvgIpc) is 2.13. The second-order valence-corrected chi connectivity index (χ2v) is 5.71. The Hall–Kier alpha value is 0.110. The summed E-state index contributed by atoms with van der Waals surface area (Å²) in [4.78, 5) is 0. The van der Waals surface area contributed by atoms with E-state index >= 15 is 0 Å². The van der Waals surface area contributed by atoms with Crippen molar-refractivity contribution >= 4 is 10.8 Å². The summed E-state index contributed by atoms with van der Waals surface area (Å²) in [5, 5.41) is 3.73. The number of hydrogen-bond acceptors (Lipinski definition) is 2. The number of hydrogen-bond donors (Lipinski definition) is 1. The summed E-state index contributed by atoms with van der Waals surface area (Å²) in [6.45, 7) is 9.44. The van der Waals surface area contributed by atoms with Gasteiger partial charge in [-0.25, -0.2) is 0 Å². The molecule has 0 aliphatic heterocycles. The molecule has 0 rings (SSSR count). The first-order valence-electron chi connectivity index (χ1n) is 5.22. The van der Waals surface area contributed by atoms with Crippen molar-refractivity contribution in [1.29, 1.82) is 0 Å². The van der Waals surface area contributed by atoms with Crippen LogP contribution in [0.4, 0.5) is 0 Å². The molecule has 2 nitrogen and oxygen atoms in total. The van der Waals surface area contributed by atoms with Crippen LogP contribution in [0.3, 0.4) is 0 Å². The Labute approximate surface area is 84.9 Å². The summed E-state index contributed by atoms with van der Waals surface area (Å²) in [5.41, 5.74) is 0. The van der Waals surface area contributed by atoms with Crippen molar-refractivity contribution in [2.75, 3.05) is 12.3 Å². The summed E-state index contributed by atoms with van der Waals surface area (Å²) in [7, 11) is -0.638. The molecule has 0 amide bonds. The molecule has 3 heteroatoms. The van der Waals surface area contributed by atoms with Crippen LogP contribution in [-0.4, -0.2) is 27.8 Å². The van der Waals surface area contributed by atoms with E-state index < -0.39 is 10.8 Å². The first-order valence-corrected chi connectivity index (χ1v) is 6.60. The third kappa shape index (κ3) is 6.22. The normalized spacial score (nSPS) is 18.2. The van der Waals surface area contributed by atoms with Crippen molar-refractivity contribution in [3.63, 3.8) is 0 Å². The van der Waals surface area contributed by atoms with Gasteiger partial charge in [0, 0.05) is 27.8 Å². The minimum absolute atomic E-state index is 0.323. The highest BCUT2D eigenvalue weighted by Crippen LogP contribution is 2.05. The van der Waals surface area contributed by atoms with E-state index in [2.05, 4.69) is 26.1 Å². The zero-order valence-electron chi connectivity index (χ0n) is 9.30. The lowest BCUT2D eigenvalue weighted by atomic mass is 10.2. The molecule has 0 heterocycles. The maximum absolute atomic E-state index is 11.4. The highest BCUT2D eigenvalue weighted by molar-refractivity contribution is 7.85. The number of rotatable bonds is 7. The van der Waals surface area contributed by atoms with Crippen LogP contribution in [0.5, 0.6) is 0 Å². The van der Waals surface area contributed by atoms with Crippen LogP contribution >= 0.6 is 0 Å². The van der Waals surface area contributed by atoms with E-state index in [0.29, 0.717) is 11.3 Å². The van der Waals surface area contributed by atoms with Gasteiger partial charge in [0.1, 0.15) is 0 Å². The molecular formula is C10H23NOS. The Morgan fingerprint density at radius 3 is 2.38 bits per heavy atom. The molecule has 0 radical (unpaired) electrons. The maximum atomic E-state index is 11.4. The van der Waals surface area contributed by atoms with Crippen LogP contribution in [0.2, 0.25) is 0 Å². The average molecular weight is 205 g/mol. The van der Waals surface area contributed by atoms with Crippen LogP contribution in [-0.2, 0) is 10.8 Å². The highest BCUT2D eigenvalue weighted by atomic mass is 32.2. The third-order valence-corrected chi connectivity index (χ3v) is 3.82. The van der Waals surface area contributed by atoms with Crippen LogP contribution in [0, 0.1) is 0 Å². The molecule has 0 spiro atoms. The lowest BCUT2D eigenvalue weighted by molar-refractivity contribution is 0.508. The molecule has 80 valence electrons. The van der Waals surface area contributed by atoms with Gasteiger partial charge in [-0.2, -0.15) is 0 Å². The van der Waals surface area contributed by atoms with Gasteiger partial charge in [-0.15, -0.1) is 0 Å². The Morgan fingerprint density at radius 2 is 1.92 bits per heavy atom. The van der Waals surface area contributed by atoms with Gasteiger partial charge in [0.2, 0.25) is 0 Å². The zero-order chi connectivity index (χ0) is 10.3. The molecule has 0 aromatic heterocycles. The molecule has 0 saturated heterocycles. The van der Waals surface area contributed by atoms with Gasteiger partial charge < -0.3 is 5.32 Å². The molecule has 0 aromatic carbocycles. The Morgan fingerprint density at radius 1 is 1.31 bits per heavy atom. The van der Waals surface area contributed by atoms with Crippen LogP contribution in [0.15, 0.2) is 0 Å². The smallest absolute Gasteiger partial charge is 0.0334 e. The molecule has 0 saturated carbocycles. The fourth-order valence-corrected chi connectivity index (χ4v) is 2.44. The minimum atomic E-state index is -0.638. The van der Waals surface area contributed by atoms with Gasteiger partial charge in [0.25, 0.3) is 0 Å². The highest BCUT2D eigenvalue weighted by Gasteiger charge is 2.12. The van der Waals surface area contributed by atoms with Gasteiger partial charge in [-0.05, 0) is 26.3 Å². The van der Waals surface area contributed by atoms with Crippen molar-refractivity contribution in [2.45, 2.75) is 51.8 Å². The zero-order valence-corrected chi connectivity index (χ0v) is 10.1. The van der Waals surface area contributed by atoms with E-state index in [4.69, 9.17) is 0 Å². The lowest BCUT2D eigenvalue weighted by Crippen LogP contribution is -2.31. The monoisotopic (exact) mass is 205 g/mol. The number of nitrogens with one attached hydrogen (secondary N) is 1. The molecule has 0 bridgehead atoms. The fraction of sp³-hybridized carbons (Fsp3) is 1.00. The first-order chi connectivity index (χ1) is 6.11. The van der Waals surface area contributed by atoms with E-state index in [-0.39, 0.29) is 0 Å². The predicted molar refractivity (Wildman–Crippen MR) is 60.5 cm³/mol. The first kappa shape index (κ1) is 13.1. The quantitative estimate of drug-likeness (QED) is 0.688. The van der Waals surface area contributed by atoms with Gasteiger partial charge in [0.05, 0.1) is 0 Å². The van der Waals surface area contributed by atoms with E-state index in [1.54, 1.807) is 0 Å². The van der Waals surface area contributed by atoms with Gasteiger partial charge in [-0.1, -0.05) is 20.8 Å². The van der Waals surface area contributed by atoms with Crippen molar-refractivity contribution in [3.05, 3.63) is 0 Å². The van der Waals surface area contributed by atoms with Crippen molar-refractivity contribution in [3.8, 4) is 0 Å². The molecule has 1 N–H and O–H groups in total. The van der Waals surface area contributed by atoms with Crippen molar-refractivity contribution in [2.24, 2.45) is 0 Å². The van der Waals surface area contributed by atoms with E-state index in [1.807, 2.05) is 6.92 Å². The molecule has 3 atom stereocenters. The molecule has 0 fully saturated rings. The van der Waals surface area contributed by atoms with Crippen LogP contribution in [0.1, 0.15) is 40.5 Å². The molecule has 0 aliphatic carbocycles. The second kappa shape index (κ2) is 7.51. The summed E-state index contributed by atoms with van der Waals surface area (Å²) >= 11 is 0. The molecule has 0 aromatic rings. The van der Waals surface area contributed by atoms with Gasteiger partial charge >= 0.3 is 0 Å². The Bertz CT molecular complexity index is 150. The largest absolute Gasteiger partial charge is 0.314 e. The van der Waals surface area contributed by atoms with E-state index in [1.165, 1.54) is 0 Å². The van der Waals surface area contributed by atoms with E-state index in [9.17, 15) is 4.21 Å². The standard InChI is InChI=1S/C10H23NOS/c1-5-7-11-9(3)8-10(4)13(12)6-2/h9-11H,5-8H2,1-4H3. The summed E-state index contributed by atoms with van der Waals surface area (Å²) in [6.07, 6.45) is 2.18. The topological polar surface area (TPSA) is 29.1 Å². The van der Waals surface area contributed by atoms with Crippen molar-refractivity contribution < 1.29 is 4.21 Å². The molecule has 3 unspecified atom stereocenters. The minimum Gasteiger partial charge on any atom is -0.314 e. The lowest BCUT2D eigenvalue weighted by Gasteiger charge is -2.17. The Balaban J connectivity index is 3.64. The molecule has 13 heavy (non-hydrogen) atoms. The van der Waals surface area contributed by atoms with E-state index in [0.717, 1.165) is 25.1 Å². The van der Waals surface area contributed by atoms with Crippen molar-refractivity contribution in [1.82, 2.24) is 5.32 Å². The second-order valence-electron chi connectivity index (χ2n) is 3.57. The Kier molecular flexibility index (Phi) is 7.57. The predicted octanol–water partition coefficient (Wildman–Crippen LogP) is 1.92. The SMILES string of the molecule is CCCNC(C)CC(C)S(=O)CC. The molecular weight excluding hydrogens is 182 g/mol.